The molecule has 0 spiro atoms. The summed E-state index contributed by atoms with van der Waals surface area (Å²) < 4.78 is 0. The van der Waals surface area contributed by atoms with Crippen LogP contribution >= 0.6 is 11.8 Å². The average Bonchev–Trinajstić information content (AvgIpc) is 2.61. The van der Waals surface area contributed by atoms with Gasteiger partial charge in [-0.3, -0.25) is 4.79 Å². The lowest BCUT2D eigenvalue weighted by Gasteiger charge is -2.17. The van der Waals surface area contributed by atoms with Crippen LogP contribution in [0.2, 0.25) is 0 Å². The normalized spacial score (nSPS) is 21.1. The molecule has 0 amide bonds. The Bertz CT molecular complexity index is 401. The lowest BCUT2D eigenvalue weighted by Crippen LogP contribution is -2.19. The summed E-state index contributed by atoms with van der Waals surface area (Å²) in [5.41, 5.74) is 2.47. The van der Waals surface area contributed by atoms with Crippen molar-refractivity contribution in [2.45, 2.75) is 24.7 Å². The Morgan fingerprint density at radius 3 is 3.00 bits per heavy atom. The first-order valence-electron chi connectivity index (χ1n) is 5.06. The van der Waals surface area contributed by atoms with Crippen molar-refractivity contribution in [3.63, 3.8) is 0 Å². The number of hydrogen-bond donors (Lipinski definition) is 1. The monoisotopic (exact) mass is 222 g/mol. The Hall–Kier alpha value is -0.960. The lowest BCUT2D eigenvalue weighted by atomic mass is 9.86. The van der Waals surface area contributed by atoms with E-state index in [1.54, 1.807) is 18.7 Å². The standard InChI is InChI=1S/C12H14O2S/c1-7-4-3-5-10-11(7)9(6-15-10)8(2)12(13)14/h3-5,8-9H,6H2,1-2H3,(H,13,14). The van der Waals surface area contributed by atoms with Gasteiger partial charge in [0.15, 0.2) is 0 Å². The molecule has 0 bridgehead atoms. The smallest absolute Gasteiger partial charge is 0.306 e. The first-order chi connectivity index (χ1) is 7.11. The van der Waals surface area contributed by atoms with Gasteiger partial charge in [-0.25, -0.2) is 0 Å². The third-order valence-corrected chi connectivity index (χ3v) is 4.26. The molecular formula is C12H14O2S. The van der Waals surface area contributed by atoms with E-state index in [1.165, 1.54) is 16.0 Å². The molecule has 2 nitrogen and oxygen atoms in total. The highest BCUT2D eigenvalue weighted by molar-refractivity contribution is 7.99. The van der Waals surface area contributed by atoms with Gasteiger partial charge in [0.1, 0.15) is 0 Å². The average molecular weight is 222 g/mol. The summed E-state index contributed by atoms with van der Waals surface area (Å²) in [6.07, 6.45) is 0. The molecule has 1 N–H and O–H groups in total. The summed E-state index contributed by atoms with van der Waals surface area (Å²) in [6.45, 7) is 3.86. The van der Waals surface area contributed by atoms with Crippen LogP contribution in [-0.2, 0) is 4.79 Å². The Kier molecular flexibility index (Phi) is 2.74. The maximum Gasteiger partial charge on any atom is 0.306 e. The Balaban J connectivity index is 2.39. The Morgan fingerprint density at radius 1 is 1.60 bits per heavy atom. The van der Waals surface area contributed by atoms with Crippen LogP contribution in [0.5, 0.6) is 0 Å². The zero-order valence-electron chi connectivity index (χ0n) is 8.86. The first-order valence-corrected chi connectivity index (χ1v) is 6.05. The molecule has 0 saturated carbocycles. The zero-order chi connectivity index (χ0) is 11.0. The molecule has 0 radical (unpaired) electrons. The highest BCUT2D eigenvalue weighted by Crippen LogP contribution is 2.44. The van der Waals surface area contributed by atoms with E-state index in [9.17, 15) is 4.79 Å². The van der Waals surface area contributed by atoms with Gasteiger partial charge in [-0.15, -0.1) is 11.8 Å². The topological polar surface area (TPSA) is 37.3 Å². The van der Waals surface area contributed by atoms with Crippen molar-refractivity contribution >= 4 is 17.7 Å². The minimum Gasteiger partial charge on any atom is -0.481 e. The van der Waals surface area contributed by atoms with Gasteiger partial charge in [0.25, 0.3) is 0 Å². The van der Waals surface area contributed by atoms with Gasteiger partial charge in [-0.2, -0.15) is 0 Å². The zero-order valence-corrected chi connectivity index (χ0v) is 9.67. The van der Waals surface area contributed by atoms with E-state index in [2.05, 4.69) is 19.1 Å². The van der Waals surface area contributed by atoms with E-state index in [-0.39, 0.29) is 11.8 Å². The van der Waals surface area contributed by atoms with E-state index < -0.39 is 5.97 Å². The minimum atomic E-state index is -0.697. The number of aryl methyl sites for hydroxylation is 1. The second-order valence-electron chi connectivity index (χ2n) is 4.03. The van der Waals surface area contributed by atoms with Crippen LogP contribution in [0.25, 0.3) is 0 Å². The van der Waals surface area contributed by atoms with E-state index in [0.717, 1.165) is 5.75 Å². The summed E-state index contributed by atoms with van der Waals surface area (Å²) in [4.78, 5) is 12.3. The largest absolute Gasteiger partial charge is 0.481 e. The van der Waals surface area contributed by atoms with Crippen LogP contribution in [0.15, 0.2) is 23.1 Å². The summed E-state index contributed by atoms with van der Waals surface area (Å²) in [5, 5.41) is 9.05. The molecule has 1 heterocycles. The van der Waals surface area contributed by atoms with E-state index >= 15 is 0 Å². The van der Waals surface area contributed by atoms with E-state index in [4.69, 9.17) is 5.11 Å². The maximum absolute atomic E-state index is 11.0. The number of benzene rings is 1. The van der Waals surface area contributed by atoms with Gasteiger partial charge >= 0.3 is 5.97 Å². The number of carboxylic acids is 1. The van der Waals surface area contributed by atoms with Crippen molar-refractivity contribution in [2.24, 2.45) is 5.92 Å². The van der Waals surface area contributed by atoms with Crippen molar-refractivity contribution in [1.82, 2.24) is 0 Å². The van der Waals surface area contributed by atoms with Crippen molar-refractivity contribution in [2.75, 3.05) is 5.75 Å². The van der Waals surface area contributed by atoms with Crippen molar-refractivity contribution in [3.05, 3.63) is 29.3 Å². The molecule has 80 valence electrons. The van der Waals surface area contributed by atoms with Crippen LogP contribution in [0.4, 0.5) is 0 Å². The number of carbonyl (C=O) groups is 1. The Labute approximate surface area is 93.7 Å². The quantitative estimate of drug-likeness (QED) is 0.836. The molecule has 2 unspecified atom stereocenters. The molecular weight excluding hydrogens is 208 g/mol. The number of thioether (sulfide) groups is 1. The maximum atomic E-state index is 11.0. The highest BCUT2D eigenvalue weighted by Gasteiger charge is 2.32. The fraction of sp³-hybridized carbons (Fsp3) is 0.417. The Morgan fingerprint density at radius 2 is 2.33 bits per heavy atom. The van der Waals surface area contributed by atoms with Crippen molar-refractivity contribution in [1.29, 1.82) is 0 Å². The van der Waals surface area contributed by atoms with Crippen LogP contribution in [-0.4, -0.2) is 16.8 Å². The second-order valence-corrected chi connectivity index (χ2v) is 5.09. The molecule has 2 rings (SSSR count). The molecule has 0 saturated heterocycles. The first kappa shape index (κ1) is 10.6. The molecule has 1 aliphatic heterocycles. The number of carboxylic acid groups (broad SMARTS) is 1. The lowest BCUT2D eigenvalue weighted by molar-refractivity contribution is -0.141. The van der Waals surface area contributed by atoms with Gasteiger partial charge in [-0.1, -0.05) is 19.1 Å². The summed E-state index contributed by atoms with van der Waals surface area (Å²) >= 11 is 1.77. The van der Waals surface area contributed by atoms with Gasteiger partial charge in [0, 0.05) is 16.6 Å². The van der Waals surface area contributed by atoms with Crippen molar-refractivity contribution in [3.8, 4) is 0 Å². The molecule has 3 heteroatoms. The SMILES string of the molecule is Cc1cccc2c1C(C(C)C(=O)O)CS2. The molecule has 1 aromatic rings. The molecule has 2 atom stereocenters. The van der Waals surface area contributed by atoms with Gasteiger partial charge in [0.05, 0.1) is 5.92 Å². The highest BCUT2D eigenvalue weighted by atomic mass is 32.2. The van der Waals surface area contributed by atoms with Gasteiger partial charge in [0.2, 0.25) is 0 Å². The molecule has 1 aromatic carbocycles. The fourth-order valence-electron chi connectivity index (χ4n) is 2.08. The van der Waals surface area contributed by atoms with E-state index in [1.807, 2.05) is 6.07 Å². The van der Waals surface area contributed by atoms with Gasteiger partial charge < -0.3 is 5.11 Å². The minimum absolute atomic E-state index is 0.170. The molecule has 0 aromatic heterocycles. The third-order valence-electron chi connectivity index (χ3n) is 3.07. The number of aliphatic carboxylic acids is 1. The summed E-state index contributed by atoms with van der Waals surface area (Å²) in [6, 6.07) is 6.18. The van der Waals surface area contributed by atoms with Crippen LogP contribution in [0, 0.1) is 12.8 Å². The molecule has 1 aliphatic rings. The van der Waals surface area contributed by atoms with Gasteiger partial charge in [-0.05, 0) is 24.1 Å². The molecule has 0 fully saturated rings. The summed E-state index contributed by atoms with van der Waals surface area (Å²) in [5.74, 6) is 0.0773. The predicted molar refractivity (Wildman–Crippen MR) is 61.4 cm³/mol. The fourth-order valence-corrected chi connectivity index (χ4v) is 3.54. The van der Waals surface area contributed by atoms with E-state index in [0.29, 0.717) is 0 Å². The van der Waals surface area contributed by atoms with Crippen LogP contribution < -0.4 is 0 Å². The van der Waals surface area contributed by atoms with Crippen LogP contribution in [0.1, 0.15) is 24.0 Å². The second kappa shape index (κ2) is 3.89. The predicted octanol–water partition coefficient (Wildman–Crippen LogP) is 2.91. The van der Waals surface area contributed by atoms with Crippen molar-refractivity contribution < 1.29 is 9.90 Å². The molecule has 0 aliphatic carbocycles. The third kappa shape index (κ3) is 1.76. The van der Waals surface area contributed by atoms with Crippen LogP contribution in [0.3, 0.4) is 0 Å². The number of fused-ring (bicyclic) bond motifs is 1. The number of hydrogen-bond acceptors (Lipinski definition) is 2. The number of rotatable bonds is 2. The summed E-state index contributed by atoms with van der Waals surface area (Å²) in [7, 11) is 0. The molecule has 15 heavy (non-hydrogen) atoms.